The highest BCUT2D eigenvalue weighted by Gasteiger charge is 2.43. The van der Waals surface area contributed by atoms with Gasteiger partial charge >= 0.3 is 12.0 Å². The van der Waals surface area contributed by atoms with Gasteiger partial charge in [-0.05, 0) is 31.2 Å². The first-order valence-electron chi connectivity index (χ1n) is 7.45. The van der Waals surface area contributed by atoms with Gasteiger partial charge in [0.05, 0.1) is 18.5 Å². The molecule has 0 atom stereocenters. The Morgan fingerprint density at radius 1 is 1.08 bits per heavy atom. The zero-order valence-corrected chi connectivity index (χ0v) is 14.5. The summed E-state index contributed by atoms with van der Waals surface area (Å²) in [5.41, 5.74) is 1.29. The molecule has 0 bridgehead atoms. The highest BCUT2D eigenvalue weighted by molar-refractivity contribution is 7.94. The van der Waals surface area contributed by atoms with Gasteiger partial charge in [0.2, 0.25) is 0 Å². The van der Waals surface area contributed by atoms with Crippen LogP contribution in [-0.2, 0) is 19.6 Å². The second-order valence-corrected chi connectivity index (χ2v) is 7.27. The van der Waals surface area contributed by atoms with Gasteiger partial charge in [0.15, 0.2) is 0 Å². The average Bonchev–Trinajstić information content (AvgIpc) is 2.60. The van der Waals surface area contributed by atoms with Crippen LogP contribution in [0.5, 0.6) is 0 Å². The number of methoxy groups -OCH3 is 1. The molecule has 2 aromatic rings. The van der Waals surface area contributed by atoms with Crippen molar-refractivity contribution in [3.8, 4) is 0 Å². The zero-order chi connectivity index (χ0) is 18.2. The van der Waals surface area contributed by atoms with Gasteiger partial charge in [-0.1, -0.05) is 29.8 Å². The van der Waals surface area contributed by atoms with E-state index >= 15 is 0 Å². The van der Waals surface area contributed by atoms with Crippen molar-refractivity contribution < 1.29 is 22.7 Å². The molecule has 8 heteroatoms. The molecule has 1 aliphatic rings. The lowest BCUT2D eigenvalue weighted by Gasteiger charge is -2.35. The van der Waals surface area contributed by atoms with E-state index in [-0.39, 0.29) is 22.8 Å². The fraction of sp³-hybridized carbons (Fsp3) is 0.176. The lowest BCUT2D eigenvalue weighted by molar-refractivity contribution is -0.138. The van der Waals surface area contributed by atoms with Crippen molar-refractivity contribution in [3.05, 3.63) is 54.1 Å². The van der Waals surface area contributed by atoms with Crippen molar-refractivity contribution in [1.82, 2.24) is 0 Å². The average molecular weight is 360 g/mol. The first-order valence-corrected chi connectivity index (χ1v) is 8.89. The third kappa shape index (κ3) is 2.85. The predicted octanol–water partition coefficient (Wildman–Crippen LogP) is 2.30. The molecule has 0 spiro atoms. The maximum atomic E-state index is 13.0. The number of benzene rings is 2. The molecule has 0 aliphatic carbocycles. The Balaban J connectivity index is 2.19. The third-order valence-corrected chi connectivity index (χ3v) is 5.61. The fourth-order valence-electron chi connectivity index (χ4n) is 2.59. The van der Waals surface area contributed by atoms with Crippen molar-refractivity contribution >= 4 is 33.4 Å². The number of hydrogen-bond acceptors (Lipinski definition) is 5. The van der Waals surface area contributed by atoms with E-state index in [9.17, 15) is 18.0 Å². The topological polar surface area (TPSA) is 84.0 Å². The van der Waals surface area contributed by atoms with E-state index < -0.39 is 22.0 Å². The number of anilines is 2. The molecule has 0 saturated carbocycles. The third-order valence-electron chi connectivity index (χ3n) is 3.86. The van der Waals surface area contributed by atoms with Gasteiger partial charge in [-0.3, -0.25) is 9.69 Å². The molecule has 0 saturated heterocycles. The number of fused-ring (bicyclic) bond motifs is 1. The number of esters is 1. The summed E-state index contributed by atoms with van der Waals surface area (Å²) in [6, 6.07) is 11.8. The molecule has 7 nitrogen and oxygen atoms in total. The van der Waals surface area contributed by atoms with Crippen LogP contribution >= 0.6 is 0 Å². The quantitative estimate of drug-likeness (QED) is 0.784. The lowest BCUT2D eigenvalue weighted by atomic mass is 10.2. The molecule has 0 unspecified atom stereocenters. The summed E-state index contributed by atoms with van der Waals surface area (Å²) in [6.07, 6.45) is 0. The number of urea groups is 1. The van der Waals surface area contributed by atoms with Crippen LogP contribution in [0.3, 0.4) is 0 Å². The summed E-state index contributed by atoms with van der Waals surface area (Å²) >= 11 is 0. The highest BCUT2D eigenvalue weighted by Crippen LogP contribution is 2.36. The Hall–Kier alpha value is -2.87. The molecule has 3 rings (SSSR count). The SMILES string of the molecule is COC(=O)CN1C(=O)N(c2ccc(C)cc2)S(=O)(=O)c2ccccc21. The first-order chi connectivity index (χ1) is 11.9. The maximum Gasteiger partial charge on any atom is 0.343 e. The van der Waals surface area contributed by atoms with Crippen LogP contribution in [0.1, 0.15) is 5.56 Å². The van der Waals surface area contributed by atoms with Gasteiger partial charge in [-0.25, -0.2) is 13.2 Å². The van der Waals surface area contributed by atoms with Gasteiger partial charge < -0.3 is 4.74 Å². The van der Waals surface area contributed by atoms with Gasteiger partial charge in [0.25, 0.3) is 10.0 Å². The number of amides is 2. The fourth-order valence-corrected chi connectivity index (χ4v) is 4.18. The van der Waals surface area contributed by atoms with E-state index in [2.05, 4.69) is 4.74 Å². The molecule has 1 heterocycles. The number of hydrogen-bond donors (Lipinski definition) is 0. The number of aryl methyl sites for hydroxylation is 1. The number of carbonyl (C=O) groups is 2. The van der Waals surface area contributed by atoms with Crippen LogP contribution in [0.4, 0.5) is 16.2 Å². The van der Waals surface area contributed by atoms with Crippen molar-refractivity contribution in [2.75, 3.05) is 22.9 Å². The molecule has 2 aromatic carbocycles. The van der Waals surface area contributed by atoms with E-state index in [4.69, 9.17) is 0 Å². The number of sulfonamides is 1. The minimum absolute atomic E-state index is 0.0425. The molecule has 0 radical (unpaired) electrons. The van der Waals surface area contributed by atoms with Crippen molar-refractivity contribution in [1.29, 1.82) is 0 Å². The van der Waals surface area contributed by atoms with Crippen LogP contribution in [0.2, 0.25) is 0 Å². The second-order valence-electron chi connectivity index (χ2n) is 5.52. The minimum atomic E-state index is -4.08. The number of para-hydroxylation sites is 1. The molecule has 0 aromatic heterocycles. The van der Waals surface area contributed by atoms with Crippen LogP contribution < -0.4 is 9.21 Å². The Morgan fingerprint density at radius 3 is 2.36 bits per heavy atom. The molecule has 130 valence electrons. The summed E-state index contributed by atoms with van der Waals surface area (Å²) < 4.78 is 31.3. The molecule has 0 fully saturated rings. The molecule has 1 aliphatic heterocycles. The number of ether oxygens (including phenoxy) is 1. The Bertz CT molecular complexity index is 938. The molecular weight excluding hydrogens is 344 g/mol. The predicted molar refractivity (Wildman–Crippen MR) is 92.0 cm³/mol. The monoisotopic (exact) mass is 360 g/mol. The largest absolute Gasteiger partial charge is 0.468 e. The highest BCUT2D eigenvalue weighted by atomic mass is 32.2. The van der Waals surface area contributed by atoms with E-state index in [1.54, 1.807) is 36.4 Å². The van der Waals surface area contributed by atoms with Crippen molar-refractivity contribution in [3.63, 3.8) is 0 Å². The van der Waals surface area contributed by atoms with Crippen LogP contribution in [0, 0.1) is 6.92 Å². The standard InChI is InChI=1S/C17H16N2O5S/c1-12-7-9-13(10-8-12)19-17(21)18(11-16(20)24-2)14-5-3-4-6-15(14)25(19,22)23/h3-10H,11H2,1-2H3. The van der Waals surface area contributed by atoms with Gasteiger partial charge in [-0.15, -0.1) is 0 Å². The van der Waals surface area contributed by atoms with E-state index in [0.717, 1.165) is 10.5 Å². The summed E-state index contributed by atoms with van der Waals surface area (Å²) in [7, 11) is -2.88. The second kappa shape index (κ2) is 6.21. The van der Waals surface area contributed by atoms with E-state index in [1.165, 1.54) is 19.2 Å². The van der Waals surface area contributed by atoms with Crippen LogP contribution in [0.25, 0.3) is 0 Å². The Labute approximate surface area is 145 Å². The first kappa shape index (κ1) is 17.0. The van der Waals surface area contributed by atoms with Gasteiger partial charge in [0, 0.05) is 0 Å². The summed E-state index contributed by atoms with van der Waals surface area (Å²) in [5, 5.41) is 0. The van der Waals surface area contributed by atoms with Crippen LogP contribution in [0.15, 0.2) is 53.4 Å². The number of rotatable bonds is 3. The summed E-state index contributed by atoms with van der Waals surface area (Å²) in [6.45, 7) is 1.47. The summed E-state index contributed by atoms with van der Waals surface area (Å²) in [5.74, 6) is -0.647. The van der Waals surface area contributed by atoms with Crippen molar-refractivity contribution in [2.24, 2.45) is 0 Å². The normalized spacial score (nSPS) is 15.7. The van der Waals surface area contributed by atoms with E-state index in [0.29, 0.717) is 4.31 Å². The Kier molecular flexibility index (Phi) is 4.22. The molecule has 2 amide bonds. The minimum Gasteiger partial charge on any atom is -0.468 e. The summed E-state index contributed by atoms with van der Waals surface area (Å²) in [4.78, 5) is 25.7. The van der Waals surface area contributed by atoms with Crippen LogP contribution in [-0.4, -0.2) is 34.1 Å². The smallest absolute Gasteiger partial charge is 0.343 e. The maximum absolute atomic E-state index is 13.0. The molecule has 25 heavy (non-hydrogen) atoms. The van der Waals surface area contributed by atoms with Gasteiger partial charge in [-0.2, -0.15) is 4.31 Å². The Morgan fingerprint density at radius 2 is 1.72 bits per heavy atom. The molecule has 0 N–H and O–H groups in total. The van der Waals surface area contributed by atoms with E-state index in [1.807, 2.05) is 6.92 Å². The van der Waals surface area contributed by atoms with Crippen molar-refractivity contribution in [2.45, 2.75) is 11.8 Å². The number of carbonyl (C=O) groups excluding carboxylic acids is 2. The number of nitrogens with zero attached hydrogens (tertiary/aromatic N) is 2. The lowest BCUT2D eigenvalue weighted by Crippen LogP contribution is -2.52. The van der Waals surface area contributed by atoms with Gasteiger partial charge in [0.1, 0.15) is 11.4 Å². The molecular formula is C17H16N2O5S. The zero-order valence-electron chi connectivity index (χ0n) is 13.7.